The molecule has 0 aliphatic rings. The van der Waals surface area contributed by atoms with E-state index in [1.165, 1.54) is 0 Å². The number of nitrogens with one attached hydrogen (secondary N) is 1. The fourth-order valence-corrected chi connectivity index (χ4v) is 2.81. The molecule has 0 bridgehead atoms. The van der Waals surface area contributed by atoms with E-state index in [9.17, 15) is 4.79 Å². The fraction of sp³-hybridized carbons (Fsp3) is 0.562. The lowest BCUT2D eigenvalue weighted by Gasteiger charge is -2.28. The Morgan fingerprint density at radius 2 is 1.74 bits per heavy atom. The van der Waals surface area contributed by atoms with Gasteiger partial charge in [-0.1, -0.05) is 29.8 Å². The second-order valence-electron chi connectivity index (χ2n) is 5.17. The lowest BCUT2D eigenvalue weighted by atomic mass is 9.81. The SMILES string of the molecule is CCC(CC)(CN)C(=O)NCc1cc(OC)c(OC)cc1Br.Cl. The smallest absolute Gasteiger partial charge is 0.227 e. The molecule has 3 N–H and O–H groups in total. The molecule has 0 fully saturated rings. The number of carbonyl (C=O) groups is 1. The summed E-state index contributed by atoms with van der Waals surface area (Å²) < 4.78 is 11.4. The molecule has 0 spiro atoms. The Morgan fingerprint density at radius 1 is 1.22 bits per heavy atom. The fourth-order valence-electron chi connectivity index (χ4n) is 2.35. The number of hydrogen-bond donors (Lipinski definition) is 2. The lowest BCUT2D eigenvalue weighted by molar-refractivity contribution is -0.131. The van der Waals surface area contributed by atoms with E-state index in [0.717, 1.165) is 22.9 Å². The predicted octanol–water partition coefficient (Wildman–Crippen LogP) is 3.27. The van der Waals surface area contributed by atoms with Crippen molar-refractivity contribution in [2.75, 3.05) is 20.8 Å². The van der Waals surface area contributed by atoms with Gasteiger partial charge in [-0.25, -0.2) is 0 Å². The van der Waals surface area contributed by atoms with Crippen LogP contribution >= 0.6 is 28.3 Å². The minimum Gasteiger partial charge on any atom is -0.493 e. The Bertz CT molecular complexity index is 514. The summed E-state index contributed by atoms with van der Waals surface area (Å²) in [7, 11) is 3.17. The summed E-state index contributed by atoms with van der Waals surface area (Å²) in [6.07, 6.45) is 1.44. The summed E-state index contributed by atoms with van der Waals surface area (Å²) in [5, 5.41) is 2.98. The van der Waals surface area contributed by atoms with Gasteiger partial charge in [-0.3, -0.25) is 4.79 Å². The van der Waals surface area contributed by atoms with Gasteiger partial charge < -0.3 is 20.5 Å². The highest BCUT2D eigenvalue weighted by molar-refractivity contribution is 9.10. The van der Waals surface area contributed by atoms with Crippen LogP contribution in [0.1, 0.15) is 32.3 Å². The summed E-state index contributed by atoms with van der Waals surface area (Å²) in [6, 6.07) is 3.68. The van der Waals surface area contributed by atoms with E-state index < -0.39 is 5.41 Å². The van der Waals surface area contributed by atoms with Crippen molar-refractivity contribution in [3.63, 3.8) is 0 Å². The molecule has 0 atom stereocenters. The van der Waals surface area contributed by atoms with E-state index in [0.29, 0.717) is 24.6 Å². The maximum atomic E-state index is 12.5. The highest BCUT2D eigenvalue weighted by Gasteiger charge is 2.33. The van der Waals surface area contributed by atoms with Gasteiger partial charge in [0.25, 0.3) is 0 Å². The van der Waals surface area contributed by atoms with Gasteiger partial charge >= 0.3 is 0 Å². The minimum absolute atomic E-state index is 0. The molecule has 0 saturated carbocycles. The van der Waals surface area contributed by atoms with Gasteiger partial charge in [0.05, 0.1) is 19.6 Å². The first kappa shape index (κ1) is 22.0. The Hall–Kier alpha value is -0.980. The van der Waals surface area contributed by atoms with Gasteiger partial charge in [0.15, 0.2) is 11.5 Å². The highest BCUT2D eigenvalue weighted by Crippen LogP contribution is 2.33. The van der Waals surface area contributed by atoms with Crippen molar-refractivity contribution in [2.24, 2.45) is 11.1 Å². The van der Waals surface area contributed by atoms with Crippen molar-refractivity contribution in [2.45, 2.75) is 33.2 Å². The van der Waals surface area contributed by atoms with Gasteiger partial charge in [-0.05, 0) is 30.5 Å². The number of ether oxygens (including phenoxy) is 2. The van der Waals surface area contributed by atoms with E-state index in [1.807, 2.05) is 26.0 Å². The maximum Gasteiger partial charge on any atom is 0.227 e. The lowest BCUT2D eigenvalue weighted by Crippen LogP contribution is -2.45. The largest absolute Gasteiger partial charge is 0.493 e. The number of nitrogens with two attached hydrogens (primary N) is 1. The van der Waals surface area contributed by atoms with Crippen molar-refractivity contribution in [3.8, 4) is 11.5 Å². The van der Waals surface area contributed by atoms with Crippen LogP contribution in [0.5, 0.6) is 11.5 Å². The quantitative estimate of drug-likeness (QED) is 0.691. The second kappa shape index (κ2) is 10.0. The van der Waals surface area contributed by atoms with Crippen molar-refractivity contribution >= 4 is 34.2 Å². The van der Waals surface area contributed by atoms with Crippen molar-refractivity contribution in [1.82, 2.24) is 5.32 Å². The third-order valence-corrected chi connectivity index (χ3v) is 4.96. The molecular formula is C16H26BrClN2O3. The molecule has 1 aromatic rings. The number of halogens is 2. The standard InChI is InChI=1S/C16H25BrN2O3.ClH/c1-5-16(6-2,10-18)15(20)19-9-11-7-13(21-3)14(22-4)8-12(11)17;/h7-8H,5-6,9-10,18H2,1-4H3,(H,19,20);1H. The molecule has 1 amide bonds. The van der Waals surface area contributed by atoms with Gasteiger partial charge in [0, 0.05) is 17.6 Å². The number of benzene rings is 1. The summed E-state index contributed by atoms with van der Waals surface area (Å²) in [5.41, 5.74) is 6.23. The zero-order valence-corrected chi connectivity index (χ0v) is 16.5. The van der Waals surface area contributed by atoms with E-state index in [-0.39, 0.29) is 18.3 Å². The Labute approximate surface area is 152 Å². The molecular weight excluding hydrogens is 384 g/mol. The predicted molar refractivity (Wildman–Crippen MR) is 98.4 cm³/mol. The molecule has 0 unspecified atom stereocenters. The zero-order chi connectivity index (χ0) is 16.8. The summed E-state index contributed by atoms with van der Waals surface area (Å²) in [5.74, 6) is 1.26. The molecule has 0 aliphatic heterocycles. The molecule has 23 heavy (non-hydrogen) atoms. The number of hydrogen-bond acceptors (Lipinski definition) is 4. The average molecular weight is 410 g/mol. The van der Waals surface area contributed by atoms with Gasteiger partial charge in [0.2, 0.25) is 5.91 Å². The Balaban J connectivity index is 0.00000484. The second-order valence-corrected chi connectivity index (χ2v) is 6.03. The van der Waals surface area contributed by atoms with Crippen molar-refractivity contribution in [3.05, 3.63) is 22.2 Å². The number of carbonyl (C=O) groups excluding carboxylic acids is 1. The maximum absolute atomic E-state index is 12.5. The van der Waals surface area contributed by atoms with Crippen LogP contribution in [0.4, 0.5) is 0 Å². The number of rotatable bonds is 8. The van der Waals surface area contributed by atoms with E-state index in [4.69, 9.17) is 15.2 Å². The monoisotopic (exact) mass is 408 g/mol. The minimum atomic E-state index is -0.497. The van der Waals surface area contributed by atoms with Gasteiger partial charge in [0.1, 0.15) is 0 Å². The zero-order valence-electron chi connectivity index (χ0n) is 14.1. The first-order valence-corrected chi connectivity index (χ1v) is 8.16. The molecule has 0 saturated heterocycles. The average Bonchev–Trinajstić information content (AvgIpc) is 2.55. The molecule has 132 valence electrons. The topological polar surface area (TPSA) is 73.6 Å². The summed E-state index contributed by atoms with van der Waals surface area (Å²) >= 11 is 3.49. The third-order valence-electron chi connectivity index (χ3n) is 4.22. The normalized spacial score (nSPS) is 10.7. The first-order chi connectivity index (χ1) is 10.5. The Morgan fingerprint density at radius 3 is 2.17 bits per heavy atom. The van der Waals surface area contributed by atoms with E-state index >= 15 is 0 Å². The van der Waals surface area contributed by atoms with Gasteiger partial charge in [-0.15, -0.1) is 12.4 Å². The molecule has 0 heterocycles. The van der Waals surface area contributed by atoms with E-state index in [1.54, 1.807) is 14.2 Å². The molecule has 1 aromatic carbocycles. The van der Waals surface area contributed by atoms with Gasteiger partial charge in [-0.2, -0.15) is 0 Å². The van der Waals surface area contributed by atoms with Crippen LogP contribution in [0, 0.1) is 5.41 Å². The molecule has 1 rings (SSSR count). The summed E-state index contributed by atoms with van der Waals surface area (Å²) in [4.78, 5) is 12.5. The highest BCUT2D eigenvalue weighted by atomic mass is 79.9. The van der Waals surface area contributed by atoms with Crippen molar-refractivity contribution in [1.29, 1.82) is 0 Å². The molecule has 0 radical (unpaired) electrons. The Kier molecular flexibility index (Phi) is 9.58. The molecule has 7 heteroatoms. The van der Waals surface area contributed by atoms with Crippen LogP contribution in [0.3, 0.4) is 0 Å². The van der Waals surface area contributed by atoms with Crippen LogP contribution < -0.4 is 20.5 Å². The molecule has 0 aliphatic carbocycles. The van der Waals surface area contributed by atoms with Crippen molar-refractivity contribution < 1.29 is 14.3 Å². The van der Waals surface area contributed by atoms with Crippen LogP contribution in [-0.2, 0) is 11.3 Å². The number of amides is 1. The third kappa shape index (κ3) is 4.99. The van der Waals surface area contributed by atoms with Crippen LogP contribution in [0.25, 0.3) is 0 Å². The molecule has 5 nitrogen and oxygen atoms in total. The van der Waals surface area contributed by atoms with Crippen LogP contribution in [0.15, 0.2) is 16.6 Å². The summed E-state index contributed by atoms with van der Waals surface area (Å²) in [6.45, 7) is 4.73. The number of methoxy groups -OCH3 is 2. The van der Waals surface area contributed by atoms with E-state index in [2.05, 4.69) is 21.2 Å². The molecule has 0 aromatic heterocycles. The van der Waals surface area contributed by atoms with Crippen LogP contribution in [-0.4, -0.2) is 26.7 Å². The first-order valence-electron chi connectivity index (χ1n) is 7.36. The van der Waals surface area contributed by atoms with Crippen LogP contribution in [0.2, 0.25) is 0 Å².